The van der Waals surface area contributed by atoms with Gasteiger partial charge in [0.05, 0.1) is 17.0 Å². The Balaban J connectivity index is 2.14. The fourth-order valence-electron chi connectivity index (χ4n) is 2.90. The highest BCUT2D eigenvalue weighted by atomic mass is 35.5. The molecule has 1 aliphatic rings. The van der Waals surface area contributed by atoms with Gasteiger partial charge in [0.25, 0.3) is 0 Å². The van der Waals surface area contributed by atoms with E-state index in [-0.39, 0.29) is 17.4 Å². The lowest BCUT2D eigenvalue weighted by molar-refractivity contribution is 0.0494. The van der Waals surface area contributed by atoms with Crippen LogP contribution in [0.5, 0.6) is 5.75 Å². The Morgan fingerprint density at radius 2 is 1.95 bits per heavy atom. The van der Waals surface area contributed by atoms with E-state index in [1.54, 1.807) is 0 Å². The van der Waals surface area contributed by atoms with Gasteiger partial charge in [-0.2, -0.15) is 5.26 Å². The van der Waals surface area contributed by atoms with Crippen molar-refractivity contribution in [1.29, 1.82) is 5.26 Å². The van der Waals surface area contributed by atoms with Crippen LogP contribution in [0.4, 0.5) is 0 Å². The largest absolute Gasteiger partial charge is 0.487 e. The molecule has 0 aliphatic heterocycles. The lowest BCUT2D eigenvalue weighted by atomic mass is 9.69. The standard InChI is InChI=1S/C17H22ClNO/c1-17(2,3)13-9-8-12(11-19)16(10-13)20-15-7-5-4-6-14(15)18/h4-7,12-13,16H,8-10H2,1-3H3. The third-order valence-electron chi connectivity index (χ3n) is 4.30. The summed E-state index contributed by atoms with van der Waals surface area (Å²) in [6.07, 6.45) is 2.88. The zero-order chi connectivity index (χ0) is 14.8. The number of nitriles is 1. The first-order valence-corrected chi connectivity index (χ1v) is 7.60. The highest BCUT2D eigenvalue weighted by molar-refractivity contribution is 6.32. The van der Waals surface area contributed by atoms with E-state index in [4.69, 9.17) is 16.3 Å². The first kappa shape index (κ1) is 15.2. The van der Waals surface area contributed by atoms with Crippen LogP contribution in [-0.2, 0) is 0 Å². The Morgan fingerprint density at radius 1 is 1.25 bits per heavy atom. The van der Waals surface area contributed by atoms with Crippen molar-refractivity contribution < 1.29 is 4.74 Å². The summed E-state index contributed by atoms with van der Waals surface area (Å²) in [5.41, 5.74) is 0.252. The van der Waals surface area contributed by atoms with E-state index in [1.165, 1.54) is 0 Å². The van der Waals surface area contributed by atoms with Gasteiger partial charge in [-0.3, -0.25) is 0 Å². The number of rotatable bonds is 2. The van der Waals surface area contributed by atoms with E-state index in [1.807, 2.05) is 24.3 Å². The molecule has 1 saturated carbocycles. The molecule has 2 nitrogen and oxygen atoms in total. The summed E-state index contributed by atoms with van der Waals surface area (Å²) in [5.74, 6) is 1.23. The number of para-hydroxylation sites is 1. The summed E-state index contributed by atoms with van der Waals surface area (Å²) >= 11 is 6.15. The summed E-state index contributed by atoms with van der Waals surface area (Å²) in [6, 6.07) is 9.89. The van der Waals surface area contributed by atoms with Gasteiger partial charge in [-0.15, -0.1) is 0 Å². The summed E-state index contributed by atoms with van der Waals surface area (Å²) in [6.45, 7) is 6.78. The maximum atomic E-state index is 9.33. The third kappa shape index (κ3) is 3.46. The Kier molecular flexibility index (Phi) is 4.60. The predicted octanol–water partition coefficient (Wildman–Crippen LogP) is 5.07. The molecule has 1 fully saturated rings. The van der Waals surface area contributed by atoms with Gasteiger partial charge in [0.1, 0.15) is 11.9 Å². The molecule has 1 aliphatic carbocycles. The van der Waals surface area contributed by atoms with Crippen molar-refractivity contribution in [2.24, 2.45) is 17.3 Å². The molecule has 20 heavy (non-hydrogen) atoms. The molecule has 3 heteroatoms. The molecule has 0 radical (unpaired) electrons. The van der Waals surface area contributed by atoms with E-state index in [2.05, 4.69) is 26.8 Å². The van der Waals surface area contributed by atoms with Crippen molar-refractivity contribution in [3.05, 3.63) is 29.3 Å². The summed E-state index contributed by atoms with van der Waals surface area (Å²) < 4.78 is 6.06. The van der Waals surface area contributed by atoms with Crippen LogP contribution >= 0.6 is 11.6 Å². The summed E-state index contributed by atoms with van der Waals surface area (Å²) in [7, 11) is 0. The quantitative estimate of drug-likeness (QED) is 0.762. The average molecular weight is 292 g/mol. The van der Waals surface area contributed by atoms with Crippen molar-refractivity contribution >= 4 is 11.6 Å². The lowest BCUT2D eigenvalue weighted by Crippen LogP contribution is -2.37. The minimum atomic E-state index is -0.0575. The van der Waals surface area contributed by atoms with Crippen molar-refractivity contribution in [3.8, 4) is 11.8 Å². The summed E-state index contributed by atoms with van der Waals surface area (Å²) in [4.78, 5) is 0. The summed E-state index contributed by atoms with van der Waals surface area (Å²) in [5, 5.41) is 9.95. The topological polar surface area (TPSA) is 33.0 Å². The van der Waals surface area contributed by atoms with Crippen LogP contribution < -0.4 is 4.74 Å². The van der Waals surface area contributed by atoms with Crippen molar-refractivity contribution in [2.75, 3.05) is 0 Å². The van der Waals surface area contributed by atoms with Crippen molar-refractivity contribution in [1.82, 2.24) is 0 Å². The molecular formula is C17H22ClNO. The highest BCUT2D eigenvalue weighted by Crippen LogP contribution is 2.41. The maximum absolute atomic E-state index is 9.33. The van der Waals surface area contributed by atoms with Gasteiger partial charge in [0.2, 0.25) is 0 Å². The molecule has 0 amide bonds. The molecule has 0 aromatic heterocycles. The molecule has 1 aromatic carbocycles. The normalized spacial score (nSPS) is 26.9. The number of nitrogens with zero attached hydrogens (tertiary/aromatic N) is 1. The zero-order valence-corrected chi connectivity index (χ0v) is 13.2. The molecule has 3 unspecified atom stereocenters. The fourth-order valence-corrected chi connectivity index (χ4v) is 3.08. The van der Waals surface area contributed by atoms with Crippen molar-refractivity contribution in [2.45, 2.75) is 46.1 Å². The third-order valence-corrected chi connectivity index (χ3v) is 4.61. The van der Waals surface area contributed by atoms with E-state index in [0.717, 1.165) is 19.3 Å². The first-order valence-electron chi connectivity index (χ1n) is 7.22. The Bertz CT molecular complexity index is 500. The number of hydrogen-bond acceptors (Lipinski definition) is 2. The van der Waals surface area contributed by atoms with Crippen LogP contribution in [0.1, 0.15) is 40.0 Å². The Labute approximate surface area is 126 Å². The second-order valence-corrected chi connectivity index (χ2v) is 7.11. The van der Waals surface area contributed by atoms with Gasteiger partial charge in [-0.1, -0.05) is 44.5 Å². The molecule has 2 rings (SSSR count). The SMILES string of the molecule is CC(C)(C)C1CCC(C#N)C(Oc2ccccc2Cl)C1. The van der Waals surface area contributed by atoms with Gasteiger partial charge >= 0.3 is 0 Å². The van der Waals surface area contributed by atoms with Gasteiger partial charge in [0, 0.05) is 0 Å². The molecule has 0 heterocycles. The molecule has 0 saturated heterocycles. The van der Waals surface area contributed by atoms with E-state index in [0.29, 0.717) is 16.7 Å². The Hall–Kier alpha value is -1.20. The van der Waals surface area contributed by atoms with Gasteiger partial charge in [-0.25, -0.2) is 0 Å². The maximum Gasteiger partial charge on any atom is 0.138 e. The molecule has 1 aromatic rings. The Morgan fingerprint density at radius 3 is 2.55 bits per heavy atom. The average Bonchev–Trinajstić information content (AvgIpc) is 2.40. The van der Waals surface area contributed by atoms with Crippen LogP contribution in [-0.4, -0.2) is 6.10 Å². The minimum Gasteiger partial charge on any atom is -0.487 e. The molecule has 0 bridgehead atoms. The number of hydrogen-bond donors (Lipinski definition) is 0. The molecular weight excluding hydrogens is 270 g/mol. The fraction of sp³-hybridized carbons (Fsp3) is 0.588. The van der Waals surface area contributed by atoms with Crippen LogP contribution in [0, 0.1) is 28.6 Å². The molecule has 0 spiro atoms. The van der Waals surface area contributed by atoms with E-state index in [9.17, 15) is 5.26 Å². The van der Waals surface area contributed by atoms with Gasteiger partial charge in [0.15, 0.2) is 0 Å². The molecule has 3 atom stereocenters. The van der Waals surface area contributed by atoms with Crippen LogP contribution in [0.2, 0.25) is 5.02 Å². The monoisotopic (exact) mass is 291 g/mol. The van der Waals surface area contributed by atoms with E-state index >= 15 is 0 Å². The highest BCUT2D eigenvalue weighted by Gasteiger charge is 2.37. The smallest absolute Gasteiger partial charge is 0.138 e. The van der Waals surface area contributed by atoms with Crippen LogP contribution in [0.25, 0.3) is 0 Å². The number of halogens is 1. The van der Waals surface area contributed by atoms with Gasteiger partial charge < -0.3 is 4.74 Å². The lowest BCUT2D eigenvalue weighted by Gasteiger charge is -2.39. The zero-order valence-electron chi connectivity index (χ0n) is 12.4. The second-order valence-electron chi connectivity index (χ2n) is 6.70. The van der Waals surface area contributed by atoms with Crippen molar-refractivity contribution in [3.63, 3.8) is 0 Å². The van der Waals surface area contributed by atoms with Gasteiger partial charge in [-0.05, 0) is 42.7 Å². The van der Waals surface area contributed by atoms with Crippen LogP contribution in [0.3, 0.4) is 0 Å². The predicted molar refractivity (Wildman–Crippen MR) is 81.8 cm³/mol. The number of benzene rings is 1. The first-order chi connectivity index (χ1) is 9.41. The minimum absolute atomic E-state index is 0.0372. The molecule has 108 valence electrons. The van der Waals surface area contributed by atoms with Crippen LogP contribution in [0.15, 0.2) is 24.3 Å². The van der Waals surface area contributed by atoms with E-state index < -0.39 is 0 Å². The second kappa shape index (κ2) is 6.06. The molecule has 0 N–H and O–H groups in total. The number of ether oxygens (including phenoxy) is 1.